The molecule has 1 heterocycles. The Morgan fingerprint density at radius 3 is 3.00 bits per heavy atom. The maximum Gasteiger partial charge on any atom is 0.333 e. The fraction of sp³-hybridized carbons (Fsp3) is 0.769. The van der Waals surface area contributed by atoms with Crippen molar-refractivity contribution in [3.8, 4) is 0 Å². The van der Waals surface area contributed by atoms with Gasteiger partial charge in [0.15, 0.2) is 0 Å². The second-order valence-electron chi connectivity index (χ2n) is 4.49. The standard InChI is InChI=1S/C13H24N2O3/c1-4-11(13(16)17-3)5-6-14-9-12-10-15(2)7-8-18-12/h5,12,14H,4,6-10H2,1-3H3. The molecule has 0 radical (unpaired) electrons. The molecule has 1 saturated heterocycles. The van der Waals surface area contributed by atoms with Crippen molar-refractivity contribution in [3.63, 3.8) is 0 Å². The van der Waals surface area contributed by atoms with Crippen LogP contribution in [-0.4, -0.2) is 63.9 Å². The number of ether oxygens (including phenoxy) is 2. The summed E-state index contributed by atoms with van der Waals surface area (Å²) in [5, 5.41) is 3.28. The van der Waals surface area contributed by atoms with E-state index in [9.17, 15) is 4.79 Å². The normalized spacial score (nSPS) is 21.9. The van der Waals surface area contributed by atoms with Gasteiger partial charge < -0.3 is 19.7 Å². The maximum atomic E-state index is 11.3. The quantitative estimate of drug-likeness (QED) is 0.424. The highest BCUT2D eigenvalue weighted by atomic mass is 16.5. The van der Waals surface area contributed by atoms with Gasteiger partial charge in [-0.05, 0) is 13.5 Å². The first-order valence-electron chi connectivity index (χ1n) is 6.45. The van der Waals surface area contributed by atoms with E-state index in [0.29, 0.717) is 18.5 Å². The zero-order valence-electron chi connectivity index (χ0n) is 11.6. The van der Waals surface area contributed by atoms with Gasteiger partial charge in [0.05, 0.1) is 19.8 Å². The van der Waals surface area contributed by atoms with Crippen molar-refractivity contribution in [2.45, 2.75) is 19.4 Å². The zero-order valence-corrected chi connectivity index (χ0v) is 11.6. The minimum absolute atomic E-state index is 0.236. The third-order valence-electron chi connectivity index (χ3n) is 3.04. The highest BCUT2D eigenvalue weighted by Crippen LogP contribution is 2.03. The van der Waals surface area contributed by atoms with E-state index in [1.54, 1.807) is 0 Å². The Labute approximate surface area is 109 Å². The molecule has 5 nitrogen and oxygen atoms in total. The van der Waals surface area contributed by atoms with Crippen molar-refractivity contribution in [3.05, 3.63) is 11.6 Å². The van der Waals surface area contributed by atoms with Crippen molar-refractivity contribution in [1.29, 1.82) is 0 Å². The first kappa shape index (κ1) is 15.1. The number of nitrogens with zero attached hydrogens (tertiary/aromatic N) is 1. The van der Waals surface area contributed by atoms with E-state index < -0.39 is 0 Å². The van der Waals surface area contributed by atoms with Crippen LogP contribution in [0.3, 0.4) is 0 Å². The van der Waals surface area contributed by atoms with Crippen LogP contribution in [0.4, 0.5) is 0 Å². The minimum atomic E-state index is -0.243. The number of likely N-dealkylation sites (N-methyl/N-ethyl adjacent to an activating group) is 1. The van der Waals surface area contributed by atoms with Gasteiger partial charge in [0.1, 0.15) is 0 Å². The first-order chi connectivity index (χ1) is 8.67. The minimum Gasteiger partial charge on any atom is -0.466 e. The van der Waals surface area contributed by atoms with E-state index in [-0.39, 0.29) is 12.1 Å². The van der Waals surface area contributed by atoms with Crippen molar-refractivity contribution in [1.82, 2.24) is 10.2 Å². The molecule has 1 aliphatic rings. The van der Waals surface area contributed by atoms with E-state index in [2.05, 4.69) is 17.3 Å². The predicted molar refractivity (Wildman–Crippen MR) is 70.5 cm³/mol. The number of hydrogen-bond acceptors (Lipinski definition) is 5. The molecule has 0 aromatic heterocycles. The summed E-state index contributed by atoms with van der Waals surface area (Å²) in [6.07, 6.45) is 2.82. The molecule has 1 N–H and O–H groups in total. The van der Waals surface area contributed by atoms with E-state index in [1.807, 2.05) is 13.0 Å². The molecule has 0 aliphatic carbocycles. The lowest BCUT2D eigenvalue weighted by Crippen LogP contribution is -2.44. The topological polar surface area (TPSA) is 50.8 Å². The molecule has 0 aromatic rings. The average molecular weight is 256 g/mol. The van der Waals surface area contributed by atoms with Crippen LogP contribution in [-0.2, 0) is 14.3 Å². The van der Waals surface area contributed by atoms with Crippen molar-refractivity contribution < 1.29 is 14.3 Å². The molecule has 1 fully saturated rings. The summed E-state index contributed by atoms with van der Waals surface area (Å²) in [7, 11) is 3.51. The van der Waals surface area contributed by atoms with Crippen LogP contribution in [0.15, 0.2) is 11.6 Å². The Hall–Kier alpha value is -0.910. The predicted octanol–water partition coefficient (Wildman–Crippen LogP) is 0.416. The maximum absolute atomic E-state index is 11.3. The van der Waals surface area contributed by atoms with Gasteiger partial charge in [-0.1, -0.05) is 13.0 Å². The lowest BCUT2D eigenvalue weighted by Gasteiger charge is -2.30. The van der Waals surface area contributed by atoms with E-state index >= 15 is 0 Å². The summed E-state index contributed by atoms with van der Waals surface area (Å²) in [4.78, 5) is 13.6. The highest BCUT2D eigenvalue weighted by molar-refractivity contribution is 5.88. The van der Waals surface area contributed by atoms with Crippen LogP contribution in [0.2, 0.25) is 0 Å². The Morgan fingerprint density at radius 1 is 1.61 bits per heavy atom. The first-order valence-corrected chi connectivity index (χ1v) is 6.45. The van der Waals surface area contributed by atoms with Gasteiger partial charge in [-0.3, -0.25) is 0 Å². The molecule has 1 aliphatic heterocycles. The molecule has 0 aromatic carbocycles. The number of rotatable bonds is 6. The Kier molecular flexibility index (Phi) is 6.93. The molecule has 0 spiro atoms. The molecule has 0 saturated carbocycles. The number of carbonyl (C=O) groups excluding carboxylic acids is 1. The van der Waals surface area contributed by atoms with Crippen molar-refractivity contribution in [2.75, 3.05) is 46.9 Å². The van der Waals surface area contributed by atoms with Gasteiger partial charge in [-0.2, -0.15) is 0 Å². The molecular formula is C13H24N2O3. The van der Waals surface area contributed by atoms with Gasteiger partial charge in [-0.15, -0.1) is 0 Å². The van der Waals surface area contributed by atoms with E-state index in [1.165, 1.54) is 7.11 Å². The molecule has 18 heavy (non-hydrogen) atoms. The average Bonchev–Trinajstić information content (AvgIpc) is 2.38. The summed E-state index contributed by atoms with van der Waals surface area (Å²) in [5.74, 6) is -0.243. The summed E-state index contributed by atoms with van der Waals surface area (Å²) in [6, 6.07) is 0. The van der Waals surface area contributed by atoms with Crippen LogP contribution in [0.5, 0.6) is 0 Å². The number of morpholine rings is 1. The third-order valence-corrected chi connectivity index (χ3v) is 3.04. The van der Waals surface area contributed by atoms with Gasteiger partial charge >= 0.3 is 5.97 Å². The third kappa shape index (κ3) is 5.16. The van der Waals surface area contributed by atoms with Gasteiger partial charge in [-0.25, -0.2) is 4.79 Å². The second kappa shape index (κ2) is 8.24. The van der Waals surface area contributed by atoms with Crippen LogP contribution >= 0.6 is 0 Å². The second-order valence-corrected chi connectivity index (χ2v) is 4.49. The molecule has 0 bridgehead atoms. The monoisotopic (exact) mass is 256 g/mol. The van der Waals surface area contributed by atoms with Crippen LogP contribution in [0, 0.1) is 0 Å². The van der Waals surface area contributed by atoms with Gasteiger partial charge in [0.2, 0.25) is 0 Å². The van der Waals surface area contributed by atoms with Crippen LogP contribution in [0.25, 0.3) is 0 Å². The van der Waals surface area contributed by atoms with Crippen molar-refractivity contribution >= 4 is 5.97 Å². The lowest BCUT2D eigenvalue weighted by atomic mass is 10.2. The van der Waals surface area contributed by atoms with E-state index in [0.717, 1.165) is 26.2 Å². The number of esters is 1. The van der Waals surface area contributed by atoms with Gasteiger partial charge in [0.25, 0.3) is 0 Å². The SMILES string of the molecule is CCC(=CCNCC1CN(C)CCO1)C(=O)OC. The number of methoxy groups -OCH3 is 1. The number of hydrogen-bond donors (Lipinski definition) is 1. The largest absolute Gasteiger partial charge is 0.466 e. The molecule has 1 unspecified atom stereocenters. The summed E-state index contributed by atoms with van der Waals surface area (Å²) in [5.41, 5.74) is 0.715. The summed E-state index contributed by atoms with van der Waals surface area (Å²) >= 11 is 0. The molecule has 5 heteroatoms. The Bertz CT molecular complexity index is 292. The number of nitrogens with one attached hydrogen (secondary N) is 1. The summed E-state index contributed by atoms with van der Waals surface area (Å²) in [6.45, 7) is 6.16. The van der Waals surface area contributed by atoms with E-state index in [4.69, 9.17) is 9.47 Å². The van der Waals surface area contributed by atoms with Crippen molar-refractivity contribution in [2.24, 2.45) is 0 Å². The lowest BCUT2D eigenvalue weighted by molar-refractivity contribution is -0.136. The zero-order chi connectivity index (χ0) is 13.4. The molecule has 1 rings (SSSR count). The van der Waals surface area contributed by atoms with Crippen LogP contribution in [0.1, 0.15) is 13.3 Å². The molecule has 0 amide bonds. The Morgan fingerprint density at radius 2 is 2.39 bits per heavy atom. The highest BCUT2D eigenvalue weighted by Gasteiger charge is 2.16. The Balaban J connectivity index is 2.24. The summed E-state index contributed by atoms with van der Waals surface area (Å²) < 4.78 is 10.3. The fourth-order valence-electron chi connectivity index (χ4n) is 1.93. The molecular weight excluding hydrogens is 232 g/mol. The fourth-order valence-corrected chi connectivity index (χ4v) is 1.93. The van der Waals surface area contributed by atoms with Gasteiger partial charge in [0, 0.05) is 31.8 Å². The number of carbonyl (C=O) groups is 1. The van der Waals surface area contributed by atoms with Crippen LogP contribution < -0.4 is 5.32 Å². The molecule has 104 valence electrons. The smallest absolute Gasteiger partial charge is 0.333 e. The molecule has 1 atom stereocenters.